The van der Waals surface area contributed by atoms with Crippen LogP contribution in [0.5, 0.6) is 0 Å². The number of aryl methyl sites for hydroxylation is 1. The van der Waals surface area contributed by atoms with E-state index in [4.69, 9.17) is 14.8 Å². The first-order valence-electron chi connectivity index (χ1n) is 8.94. The standard InChI is InChI=1S/C19H19N5O3S2/c1-11-9-28-19(22-11)18-17(12-2-3-13-14(6-12)29-10-21-13)23-15(24-18)7-20-16(26)8-27-5-4-25/h2-3,6,9-10,25H,4-5,7-8H2,1H3,(H,20,26)(H,23,24). The summed E-state index contributed by atoms with van der Waals surface area (Å²) in [6.45, 7) is 2.10. The summed E-state index contributed by atoms with van der Waals surface area (Å²) in [5, 5.41) is 14.3. The lowest BCUT2D eigenvalue weighted by Crippen LogP contribution is -2.28. The Hall–Kier alpha value is -2.66. The first kappa shape index (κ1) is 19.6. The molecule has 0 saturated carbocycles. The molecule has 0 fully saturated rings. The average molecular weight is 430 g/mol. The van der Waals surface area contributed by atoms with Gasteiger partial charge in [-0.15, -0.1) is 22.7 Å². The Balaban J connectivity index is 1.61. The monoisotopic (exact) mass is 429 g/mol. The van der Waals surface area contributed by atoms with E-state index in [-0.39, 0.29) is 32.3 Å². The van der Waals surface area contributed by atoms with Crippen molar-refractivity contribution in [3.8, 4) is 22.0 Å². The summed E-state index contributed by atoms with van der Waals surface area (Å²) < 4.78 is 6.12. The van der Waals surface area contributed by atoms with E-state index in [9.17, 15) is 4.79 Å². The van der Waals surface area contributed by atoms with Crippen LogP contribution in [0.3, 0.4) is 0 Å². The van der Waals surface area contributed by atoms with Crippen molar-refractivity contribution in [2.75, 3.05) is 19.8 Å². The zero-order chi connectivity index (χ0) is 20.2. The van der Waals surface area contributed by atoms with E-state index in [1.54, 1.807) is 11.3 Å². The van der Waals surface area contributed by atoms with Gasteiger partial charge < -0.3 is 20.1 Å². The number of aromatic nitrogens is 4. The van der Waals surface area contributed by atoms with E-state index in [1.165, 1.54) is 11.3 Å². The van der Waals surface area contributed by atoms with Crippen LogP contribution in [0.15, 0.2) is 29.1 Å². The van der Waals surface area contributed by atoms with Crippen molar-refractivity contribution in [2.45, 2.75) is 13.5 Å². The molecule has 0 atom stereocenters. The largest absolute Gasteiger partial charge is 0.394 e. The molecule has 3 heterocycles. The van der Waals surface area contributed by atoms with Crippen LogP contribution < -0.4 is 5.32 Å². The predicted octanol–water partition coefficient (Wildman–Crippen LogP) is 2.74. The van der Waals surface area contributed by atoms with Crippen LogP contribution >= 0.6 is 22.7 Å². The Bertz CT molecular complexity index is 1130. The van der Waals surface area contributed by atoms with Crippen LogP contribution in [-0.4, -0.2) is 50.8 Å². The van der Waals surface area contributed by atoms with Crippen molar-refractivity contribution in [2.24, 2.45) is 0 Å². The number of hydrogen-bond acceptors (Lipinski definition) is 8. The van der Waals surface area contributed by atoms with E-state index in [2.05, 4.69) is 26.3 Å². The van der Waals surface area contributed by atoms with Gasteiger partial charge in [0.25, 0.3) is 0 Å². The summed E-state index contributed by atoms with van der Waals surface area (Å²) in [5.74, 6) is 0.358. The van der Waals surface area contributed by atoms with Crippen molar-refractivity contribution >= 4 is 38.8 Å². The summed E-state index contributed by atoms with van der Waals surface area (Å²) >= 11 is 3.12. The molecule has 0 aliphatic rings. The smallest absolute Gasteiger partial charge is 0.246 e. The van der Waals surface area contributed by atoms with Crippen LogP contribution in [0, 0.1) is 6.92 Å². The number of aliphatic hydroxyl groups excluding tert-OH is 1. The summed E-state index contributed by atoms with van der Waals surface area (Å²) in [5.41, 5.74) is 6.32. The van der Waals surface area contributed by atoms with E-state index in [0.717, 1.165) is 37.9 Å². The molecular weight excluding hydrogens is 410 g/mol. The molecule has 0 saturated heterocycles. The molecule has 0 unspecified atom stereocenters. The van der Waals surface area contributed by atoms with E-state index < -0.39 is 0 Å². The van der Waals surface area contributed by atoms with Crippen molar-refractivity contribution in [1.82, 2.24) is 25.3 Å². The van der Waals surface area contributed by atoms with Gasteiger partial charge in [0, 0.05) is 16.6 Å². The Labute approximate surface area is 174 Å². The number of nitrogens with zero attached hydrogens (tertiary/aromatic N) is 3. The van der Waals surface area contributed by atoms with Gasteiger partial charge in [-0.3, -0.25) is 4.79 Å². The quantitative estimate of drug-likeness (QED) is 0.371. The second-order valence-electron chi connectivity index (χ2n) is 6.29. The lowest BCUT2D eigenvalue weighted by Gasteiger charge is -2.03. The highest BCUT2D eigenvalue weighted by Gasteiger charge is 2.18. The Morgan fingerprint density at radius 3 is 3.00 bits per heavy atom. The van der Waals surface area contributed by atoms with Gasteiger partial charge in [0.05, 0.1) is 41.2 Å². The number of H-pyrrole nitrogens is 1. The number of rotatable bonds is 8. The number of amides is 1. The maximum Gasteiger partial charge on any atom is 0.246 e. The number of aliphatic hydroxyl groups is 1. The normalized spacial score (nSPS) is 11.2. The van der Waals surface area contributed by atoms with Gasteiger partial charge >= 0.3 is 0 Å². The van der Waals surface area contributed by atoms with Crippen molar-refractivity contribution < 1.29 is 14.6 Å². The van der Waals surface area contributed by atoms with E-state index in [0.29, 0.717) is 5.82 Å². The van der Waals surface area contributed by atoms with Crippen LogP contribution in [0.2, 0.25) is 0 Å². The van der Waals surface area contributed by atoms with Crippen LogP contribution in [0.4, 0.5) is 0 Å². The molecule has 3 aromatic heterocycles. The number of aromatic amines is 1. The van der Waals surface area contributed by atoms with Gasteiger partial charge in [-0.25, -0.2) is 15.0 Å². The summed E-state index contributed by atoms with van der Waals surface area (Å²) in [6.07, 6.45) is 0. The molecule has 8 nitrogen and oxygen atoms in total. The Morgan fingerprint density at radius 2 is 2.21 bits per heavy atom. The zero-order valence-electron chi connectivity index (χ0n) is 15.6. The summed E-state index contributed by atoms with van der Waals surface area (Å²) in [4.78, 5) is 28.8. The highest BCUT2D eigenvalue weighted by Crippen LogP contribution is 2.34. The molecule has 4 rings (SSSR count). The predicted molar refractivity (Wildman–Crippen MR) is 113 cm³/mol. The average Bonchev–Trinajstić information content (AvgIpc) is 3.45. The zero-order valence-corrected chi connectivity index (χ0v) is 17.3. The number of imidazole rings is 1. The Morgan fingerprint density at radius 1 is 1.31 bits per heavy atom. The van der Waals surface area contributed by atoms with Gasteiger partial charge in [0.2, 0.25) is 5.91 Å². The van der Waals surface area contributed by atoms with Crippen molar-refractivity contribution in [3.63, 3.8) is 0 Å². The van der Waals surface area contributed by atoms with Crippen LogP contribution in [0.25, 0.3) is 32.2 Å². The molecule has 29 heavy (non-hydrogen) atoms. The number of hydrogen-bond donors (Lipinski definition) is 3. The molecule has 0 aliphatic heterocycles. The SMILES string of the molecule is Cc1csc(-c2nc(CNC(=O)COCCO)[nH]c2-c2ccc3ncsc3c2)n1. The van der Waals surface area contributed by atoms with Crippen molar-refractivity contribution in [1.29, 1.82) is 0 Å². The van der Waals surface area contributed by atoms with Gasteiger partial charge in [-0.05, 0) is 19.1 Å². The Kier molecular flexibility index (Phi) is 5.95. The minimum atomic E-state index is -0.269. The van der Waals surface area contributed by atoms with Gasteiger partial charge in [0.15, 0.2) is 0 Å². The van der Waals surface area contributed by atoms with Crippen LogP contribution in [0.1, 0.15) is 11.5 Å². The topological polar surface area (TPSA) is 113 Å². The molecule has 1 amide bonds. The molecule has 0 radical (unpaired) electrons. The number of thiazole rings is 2. The second-order valence-corrected chi connectivity index (χ2v) is 8.03. The third-order valence-electron chi connectivity index (χ3n) is 4.12. The molecule has 0 spiro atoms. The van der Waals surface area contributed by atoms with Gasteiger partial charge in [0.1, 0.15) is 23.1 Å². The summed E-state index contributed by atoms with van der Waals surface area (Å²) in [7, 11) is 0. The number of ether oxygens (including phenoxy) is 1. The first-order chi connectivity index (χ1) is 14.1. The third kappa shape index (κ3) is 4.51. The maximum absolute atomic E-state index is 11.9. The van der Waals surface area contributed by atoms with E-state index in [1.807, 2.05) is 29.9 Å². The van der Waals surface area contributed by atoms with Crippen molar-refractivity contribution in [3.05, 3.63) is 40.6 Å². The van der Waals surface area contributed by atoms with E-state index >= 15 is 0 Å². The molecule has 3 N–H and O–H groups in total. The number of fused-ring (bicyclic) bond motifs is 1. The molecule has 0 aliphatic carbocycles. The number of benzene rings is 1. The number of carbonyl (C=O) groups is 1. The summed E-state index contributed by atoms with van der Waals surface area (Å²) in [6, 6.07) is 6.07. The number of nitrogens with one attached hydrogen (secondary N) is 2. The van der Waals surface area contributed by atoms with Crippen LogP contribution in [-0.2, 0) is 16.1 Å². The fraction of sp³-hybridized carbons (Fsp3) is 0.263. The lowest BCUT2D eigenvalue weighted by molar-refractivity contribution is -0.126. The molecule has 1 aromatic carbocycles. The maximum atomic E-state index is 11.9. The highest BCUT2D eigenvalue weighted by atomic mass is 32.1. The third-order valence-corrected chi connectivity index (χ3v) is 5.87. The number of carbonyl (C=O) groups excluding carboxylic acids is 1. The second kappa shape index (κ2) is 8.78. The molecule has 150 valence electrons. The fourth-order valence-electron chi connectivity index (χ4n) is 2.81. The minimum absolute atomic E-state index is 0.102. The van der Waals surface area contributed by atoms with Gasteiger partial charge in [-0.1, -0.05) is 6.07 Å². The molecular formula is C19H19N5O3S2. The highest BCUT2D eigenvalue weighted by molar-refractivity contribution is 7.16. The fourth-order valence-corrected chi connectivity index (χ4v) is 4.31. The minimum Gasteiger partial charge on any atom is -0.394 e. The first-order valence-corrected chi connectivity index (χ1v) is 10.7. The lowest BCUT2D eigenvalue weighted by atomic mass is 10.1. The van der Waals surface area contributed by atoms with Gasteiger partial charge in [-0.2, -0.15) is 0 Å². The molecule has 0 bridgehead atoms. The molecule has 10 heteroatoms. The molecule has 4 aromatic rings.